The second-order valence-electron chi connectivity index (χ2n) is 4.42. The van der Waals surface area contributed by atoms with Gasteiger partial charge in [-0.05, 0) is 25.6 Å². The average Bonchev–Trinajstić information content (AvgIpc) is 2.38. The number of aliphatic hydroxyl groups excluding tert-OH is 1. The summed E-state index contributed by atoms with van der Waals surface area (Å²) in [5.41, 5.74) is 0.164. The predicted octanol–water partition coefficient (Wildman–Crippen LogP) is 3.35. The molecule has 0 spiro atoms. The zero-order valence-electron chi connectivity index (χ0n) is 11.7. The summed E-state index contributed by atoms with van der Waals surface area (Å²) in [6.45, 7) is 6.29. The highest BCUT2D eigenvalue weighted by Gasteiger charge is 2.32. The van der Waals surface area contributed by atoms with Crippen LogP contribution < -0.4 is 4.74 Å². The second-order valence-corrected chi connectivity index (χ2v) is 4.42. The van der Waals surface area contributed by atoms with Crippen LogP contribution in [0.3, 0.4) is 0 Å². The molecule has 3 nitrogen and oxygen atoms in total. The molecule has 6 heteroatoms. The minimum atomic E-state index is -4.76. The van der Waals surface area contributed by atoms with Gasteiger partial charge in [-0.1, -0.05) is 32.0 Å². The van der Waals surface area contributed by atoms with Crippen molar-refractivity contribution in [1.82, 2.24) is 4.90 Å². The third kappa shape index (κ3) is 5.38. The first-order chi connectivity index (χ1) is 9.37. The van der Waals surface area contributed by atoms with E-state index in [1.165, 1.54) is 18.2 Å². The molecule has 1 N–H and O–H groups in total. The van der Waals surface area contributed by atoms with Crippen LogP contribution in [-0.4, -0.2) is 36.0 Å². The van der Waals surface area contributed by atoms with Gasteiger partial charge in [0.15, 0.2) is 0 Å². The van der Waals surface area contributed by atoms with Crippen LogP contribution >= 0.6 is 0 Å². The molecule has 0 aromatic heterocycles. The smallest absolute Gasteiger partial charge is 0.405 e. The molecular weight excluding hydrogens is 271 g/mol. The Morgan fingerprint density at radius 1 is 1.20 bits per heavy atom. The van der Waals surface area contributed by atoms with E-state index in [1.54, 1.807) is 6.07 Å². The zero-order chi connectivity index (χ0) is 15.2. The molecule has 1 atom stereocenters. The van der Waals surface area contributed by atoms with Crippen LogP contribution in [0.15, 0.2) is 24.3 Å². The van der Waals surface area contributed by atoms with Gasteiger partial charge in [-0.15, -0.1) is 13.2 Å². The van der Waals surface area contributed by atoms with Crippen LogP contribution in [0.2, 0.25) is 0 Å². The van der Waals surface area contributed by atoms with Crippen molar-refractivity contribution in [3.8, 4) is 5.75 Å². The molecule has 1 unspecified atom stereocenters. The lowest BCUT2D eigenvalue weighted by atomic mass is 10.1. The summed E-state index contributed by atoms with van der Waals surface area (Å²) in [5.74, 6) is -0.341. The number of para-hydroxylation sites is 1. The van der Waals surface area contributed by atoms with E-state index in [4.69, 9.17) is 0 Å². The van der Waals surface area contributed by atoms with E-state index in [0.717, 1.165) is 13.1 Å². The van der Waals surface area contributed by atoms with Gasteiger partial charge in [0.05, 0.1) is 6.10 Å². The second kappa shape index (κ2) is 7.50. The standard InChI is InChI=1S/C14H20F3NO2/c1-3-18(4-2)10-9-12(19)11-7-5-6-8-13(11)20-14(15,16)17/h5-8,12,19H,3-4,9-10H2,1-2H3. The Morgan fingerprint density at radius 3 is 2.35 bits per heavy atom. The summed E-state index contributed by atoms with van der Waals surface area (Å²) in [6.07, 6.45) is -5.37. The lowest BCUT2D eigenvalue weighted by Gasteiger charge is -2.21. The Hall–Kier alpha value is -1.27. The first-order valence-corrected chi connectivity index (χ1v) is 6.62. The van der Waals surface area contributed by atoms with E-state index in [1.807, 2.05) is 13.8 Å². The van der Waals surface area contributed by atoms with Crippen molar-refractivity contribution in [1.29, 1.82) is 0 Å². The predicted molar refractivity (Wildman–Crippen MR) is 70.5 cm³/mol. The van der Waals surface area contributed by atoms with Crippen LogP contribution in [0.1, 0.15) is 31.9 Å². The number of rotatable bonds is 7. The summed E-state index contributed by atoms with van der Waals surface area (Å²) in [4.78, 5) is 2.09. The van der Waals surface area contributed by atoms with Crippen LogP contribution in [0.5, 0.6) is 5.75 Å². The topological polar surface area (TPSA) is 32.7 Å². The van der Waals surface area contributed by atoms with Crippen LogP contribution in [0, 0.1) is 0 Å². The largest absolute Gasteiger partial charge is 0.573 e. The van der Waals surface area contributed by atoms with Crippen LogP contribution in [0.25, 0.3) is 0 Å². The van der Waals surface area contributed by atoms with Gasteiger partial charge >= 0.3 is 6.36 Å². The highest BCUT2D eigenvalue weighted by molar-refractivity contribution is 5.35. The summed E-state index contributed by atoms with van der Waals surface area (Å²) in [5, 5.41) is 10.1. The Kier molecular flexibility index (Phi) is 6.29. The maximum atomic E-state index is 12.3. The zero-order valence-corrected chi connectivity index (χ0v) is 11.7. The van der Waals surface area contributed by atoms with Crippen molar-refractivity contribution in [3.63, 3.8) is 0 Å². The SMILES string of the molecule is CCN(CC)CCC(O)c1ccccc1OC(F)(F)F. The van der Waals surface area contributed by atoms with Crippen molar-refractivity contribution in [2.75, 3.05) is 19.6 Å². The van der Waals surface area contributed by atoms with Gasteiger partial charge in [0.25, 0.3) is 0 Å². The molecule has 0 bridgehead atoms. The first kappa shape index (κ1) is 16.8. The molecule has 0 saturated carbocycles. The Balaban J connectivity index is 2.74. The molecular formula is C14H20F3NO2. The van der Waals surface area contributed by atoms with E-state index in [0.29, 0.717) is 13.0 Å². The summed E-state index contributed by atoms with van der Waals surface area (Å²) >= 11 is 0. The Labute approximate surface area is 117 Å². The van der Waals surface area contributed by atoms with Crippen molar-refractivity contribution in [2.45, 2.75) is 32.7 Å². The first-order valence-electron chi connectivity index (χ1n) is 6.62. The summed E-state index contributed by atoms with van der Waals surface area (Å²) in [6, 6.07) is 5.69. The molecule has 0 saturated heterocycles. The molecule has 1 rings (SSSR count). The summed E-state index contributed by atoms with van der Waals surface area (Å²) in [7, 11) is 0. The maximum absolute atomic E-state index is 12.3. The minimum Gasteiger partial charge on any atom is -0.405 e. The van der Waals surface area contributed by atoms with Crippen molar-refractivity contribution in [3.05, 3.63) is 29.8 Å². The molecule has 0 aliphatic rings. The molecule has 1 aromatic rings. The van der Waals surface area contributed by atoms with Crippen molar-refractivity contribution >= 4 is 0 Å². The minimum absolute atomic E-state index is 0.164. The molecule has 0 aliphatic carbocycles. The number of nitrogens with zero attached hydrogens (tertiary/aromatic N) is 1. The molecule has 0 aliphatic heterocycles. The number of benzene rings is 1. The van der Waals surface area contributed by atoms with E-state index < -0.39 is 12.5 Å². The number of ether oxygens (including phenoxy) is 1. The summed E-state index contributed by atoms with van der Waals surface area (Å²) < 4.78 is 40.8. The van der Waals surface area contributed by atoms with Gasteiger partial charge in [0.1, 0.15) is 5.75 Å². The van der Waals surface area contributed by atoms with Gasteiger partial charge in [-0.3, -0.25) is 0 Å². The van der Waals surface area contributed by atoms with Gasteiger partial charge < -0.3 is 14.7 Å². The Bertz CT molecular complexity index is 406. The maximum Gasteiger partial charge on any atom is 0.573 e. The number of hydrogen-bond donors (Lipinski definition) is 1. The van der Waals surface area contributed by atoms with Gasteiger partial charge in [-0.25, -0.2) is 0 Å². The highest BCUT2D eigenvalue weighted by atomic mass is 19.4. The average molecular weight is 291 g/mol. The molecule has 0 fully saturated rings. The van der Waals surface area contributed by atoms with Crippen LogP contribution in [-0.2, 0) is 0 Å². The fourth-order valence-electron chi connectivity index (χ4n) is 1.97. The van der Waals surface area contributed by atoms with Crippen molar-refractivity contribution in [2.24, 2.45) is 0 Å². The highest BCUT2D eigenvalue weighted by Crippen LogP contribution is 2.31. The lowest BCUT2D eigenvalue weighted by Crippen LogP contribution is -2.25. The molecule has 114 valence electrons. The molecule has 0 radical (unpaired) electrons. The van der Waals surface area contributed by atoms with Crippen LogP contribution in [0.4, 0.5) is 13.2 Å². The third-order valence-electron chi connectivity index (χ3n) is 3.12. The molecule has 1 aromatic carbocycles. The quantitative estimate of drug-likeness (QED) is 0.836. The monoisotopic (exact) mass is 291 g/mol. The number of alkyl halides is 3. The van der Waals surface area contributed by atoms with E-state index in [2.05, 4.69) is 9.64 Å². The molecule has 0 amide bonds. The number of halogens is 3. The number of aliphatic hydroxyl groups is 1. The normalized spacial score (nSPS) is 13.6. The van der Waals surface area contributed by atoms with E-state index in [9.17, 15) is 18.3 Å². The number of hydrogen-bond acceptors (Lipinski definition) is 3. The van der Waals surface area contributed by atoms with Crippen molar-refractivity contribution < 1.29 is 23.0 Å². The van der Waals surface area contributed by atoms with E-state index in [-0.39, 0.29) is 11.3 Å². The fourth-order valence-corrected chi connectivity index (χ4v) is 1.97. The lowest BCUT2D eigenvalue weighted by molar-refractivity contribution is -0.275. The Morgan fingerprint density at radius 2 is 1.80 bits per heavy atom. The van der Waals surface area contributed by atoms with E-state index >= 15 is 0 Å². The van der Waals surface area contributed by atoms with Gasteiger partial charge in [-0.2, -0.15) is 0 Å². The third-order valence-corrected chi connectivity index (χ3v) is 3.12. The fraction of sp³-hybridized carbons (Fsp3) is 0.571. The molecule has 0 heterocycles. The van der Waals surface area contributed by atoms with Gasteiger partial charge in [0.2, 0.25) is 0 Å². The van der Waals surface area contributed by atoms with Gasteiger partial charge in [0, 0.05) is 12.1 Å². The molecule has 20 heavy (non-hydrogen) atoms.